The summed E-state index contributed by atoms with van der Waals surface area (Å²) in [4.78, 5) is 14.6. The number of aryl methyl sites for hydroxylation is 2. The van der Waals surface area contributed by atoms with Crippen molar-refractivity contribution in [1.29, 1.82) is 0 Å². The highest BCUT2D eigenvalue weighted by Crippen LogP contribution is 2.23. The predicted molar refractivity (Wildman–Crippen MR) is 102 cm³/mol. The van der Waals surface area contributed by atoms with E-state index in [1.807, 2.05) is 36.9 Å². The molecule has 1 aliphatic rings. The standard InChI is InChI=1S/C19H30N2O3S/c1-5-17-8-6-7-10-20(17)19(22)9-11-21(25(4,23)24)18-13-15(2)12-16(3)14-18/h12-14,17H,5-11H2,1-4H3. The molecule has 0 spiro atoms. The van der Waals surface area contributed by atoms with Gasteiger partial charge in [0.15, 0.2) is 0 Å². The quantitative estimate of drug-likeness (QED) is 0.776. The lowest BCUT2D eigenvalue weighted by Crippen LogP contribution is -2.44. The van der Waals surface area contributed by atoms with E-state index in [1.165, 1.54) is 17.0 Å². The highest BCUT2D eigenvalue weighted by molar-refractivity contribution is 7.92. The highest BCUT2D eigenvalue weighted by atomic mass is 32.2. The van der Waals surface area contributed by atoms with Gasteiger partial charge in [-0.2, -0.15) is 0 Å². The van der Waals surface area contributed by atoms with Crippen LogP contribution in [0.1, 0.15) is 50.2 Å². The molecule has 140 valence electrons. The molecule has 1 fully saturated rings. The van der Waals surface area contributed by atoms with E-state index in [2.05, 4.69) is 6.92 Å². The molecule has 1 amide bonds. The van der Waals surface area contributed by atoms with E-state index in [0.717, 1.165) is 36.9 Å². The van der Waals surface area contributed by atoms with Crippen molar-refractivity contribution >= 4 is 21.6 Å². The molecule has 1 aromatic rings. The van der Waals surface area contributed by atoms with E-state index in [-0.39, 0.29) is 18.9 Å². The van der Waals surface area contributed by atoms with E-state index in [4.69, 9.17) is 0 Å². The Balaban J connectivity index is 2.14. The summed E-state index contributed by atoms with van der Waals surface area (Å²) in [6, 6.07) is 6.02. The fraction of sp³-hybridized carbons (Fsp3) is 0.632. The number of likely N-dealkylation sites (tertiary alicyclic amines) is 1. The van der Waals surface area contributed by atoms with E-state index >= 15 is 0 Å². The van der Waals surface area contributed by atoms with Gasteiger partial charge in [0.25, 0.3) is 0 Å². The van der Waals surface area contributed by atoms with Crippen molar-refractivity contribution in [1.82, 2.24) is 4.90 Å². The third-order valence-corrected chi connectivity index (χ3v) is 6.04. The summed E-state index contributed by atoms with van der Waals surface area (Å²) in [6.07, 6.45) is 5.63. The predicted octanol–water partition coefficient (Wildman–Crippen LogP) is 3.25. The van der Waals surface area contributed by atoms with Crippen LogP contribution in [0.25, 0.3) is 0 Å². The van der Waals surface area contributed by atoms with Crippen molar-refractivity contribution in [2.75, 3.05) is 23.7 Å². The largest absolute Gasteiger partial charge is 0.340 e. The molecule has 5 nitrogen and oxygen atoms in total. The molecular weight excluding hydrogens is 336 g/mol. The summed E-state index contributed by atoms with van der Waals surface area (Å²) >= 11 is 0. The first-order valence-corrected chi connectivity index (χ1v) is 10.9. The van der Waals surface area contributed by atoms with Crippen LogP contribution in [0.5, 0.6) is 0 Å². The third kappa shape index (κ3) is 5.21. The molecule has 1 unspecified atom stereocenters. The van der Waals surface area contributed by atoms with Crippen LogP contribution in [0, 0.1) is 13.8 Å². The first-order chi connectivity index (χ1) is 11.7. The molecule has 6 heteroatoms. The Morgan fingerprint density at radius 1 is 1.20 bits per heavy atom. The minimum Gasteiger partial charge on any atom is -0.340 e. The average molecular weight is 367 g/mol. The van der Waals surface area contributed by atoms with Crippen molar-refractivity contribution in [3.05, 3.63) is 29.3 Å². The number of amides is 1. The van der Waals surface area contributed by atoms with Crippen molar-refractivity contribution in [3.8, 4) is 0 Å². The van der Waals surface area contributed by atoms with E-state index in [9.17, 15) is 13.2 Å². The molecule has 0 bridgehead atoms. The number of carbonyl (C=O) groups is 1. The minimum absolute atomic E-state index is 0.0598. The van der Waals surface area contributed by atoms with Gasteiger partial charge in [0.1, 0.15) is 0 Å². The summed E-state index contributed by atoms with van der Waals surface area (Å²) in [5.41, 5.74) is 2.66. The Labute approximate surface area is 152 Å². The molecule has 25 heavy (non-hydrogen) atoms. The third-order valence-electron chi connectivity index (χ3n) is 4.84. The van der Waals surface area contributed by atoms with Crippen LogP contribution in [0.15, 0.2) is 18.2 Å². The Bertz CT molecular complexity index is 695. The first kappa shape index (κ1) is 19.8. The zero-order valence-electron chi connectivity index (χ0n) is 15.8. The average Bonchev–Trinajstić information content (AvgIpc) is 2.52. The normalized spacial score (nSPS) is 18.2. The summed E-state index contributed by atoms with van der Waals surface area (Å²) in [5.74, 6) is 0.0598. The molecule has 0 aliphatic carbocycles. The smallest absolute Gasteiger partial charge is 0.232 e. The lowest BCUT2D eigenvalue weighted by atomic mass is 9.99. The van der Waals surface area contributed by atoms with Gasteiger partial charge < -0.3 is 4.90 Å². The highest BCUT2D eigenvalue weighted by Gasteiger charge is 2.26. The maximum absolute atomic E-state index is 12.7. The molecule has 0 radical (unpaired) electrons. The topological polar surface area (TPSA) is 57.7 Å². The lowest BCUT2D eigenvalue weighted by Gasteiger charge is -2.36. The SMILES string of the molecule is CCC1CCCCN1C(=O)CCN(c1cc(C)cc(C)c1)S(C)(=O)=O. The van der Waals surface area contributed by atoms with Gasteiger partial charge in [-0.1, -0.05) is 13.0 Å². The number of carbonyl (C=O) groups excluding carboxylic acids is 1. The Kier molecular flexibility index (Phi) is 6.49. The number of rotatable bonds is 6. The molecule has 0 saturated carbocycles. The second kappa shape index (κ2) is 8.21. The minimum atomic E-state index is -3.43. The summed E-state index contributed by atoms with van der Waals surface area (Å²) in [6.45, 7) is 6.98. The molecule has 1 aromatic carbocycles. The number of nitrogens with zero attached hydrogens (tertiary/aromatic N) is 2. The molecular formula is C19H30N2O3S. The molecule has 1 saturated heterocycles. The summed E-state index contributed by atoms with van der Waals surface area (Å²) in [5, 5.41) is 0. The van der Waals surface area contributed by atoms with E-state index in [1.54, 1.807) is 0 Å². The molecule has 1 atom stereocenters. The van der Waals surface area contributed by atoms with Crippen LogP contribution in [0.3, 0.4) is 0 Å². The summed E-state index contributed by atoms with van der Waals surface area (Å²) in [7, 11) is -3.43. The second-order valence-electron chi connectivity index (χ2n) is 7.08. The van der Waals surface area contributed by atoms with Gasteiger partial charge in [-0.25, -0.2) is 8.42 Å². The Morgan fingerprint density at radius 3 is 2.40 bits per heavy atom. The fourth-order valence-electron chi connectivity index (χ4n) is 3.68. The Hall–Kier alpha value is -1.56. The maximum atomic E-state index is 12.7. The number of benzene rings is 1. The molecule has 0 aromatic heterocycles. The Morgan fingerprint density at radius 2 is 1.84 bits per heavy atom. The van der Waals surface area contributed by atoms with Gasteiger partial charge >= 0.3 is 0 Å². The van der Waals surface area contributed by atoms with Crippen LogP contribution < -0.4 is 4.31 Å². The zero-order chi connectivity index (χ0) is 18.6. The van der Waals surface area contributed by atoms with Crippen molar-refractivity contribution < 1.29 is 13.2 Å². The van der Waals surface area contributed by atoms with E-state index < -0.39 is 10.0 Å². The van der Waals surface area contributed by atoms with Gasteiger partial charge in [0, 0.05) is 25.6 Å². The van der Waals surface area contributed by atoms with Crippen LogP contribution in [-0.4, -0.2) is 44.6 Å². The van der Waals surface area contributed by atoms with Gasteiger partial charge in [0.2, 0.25) is 15.9 Å². The molecule has 1 heterocycles. The van der Waals surface area contributed by atoms with Crippen LogP contribution in [0.4, 0.5) is 5.69 Å². The van der Waals surface area contributed by atoms with Crippen molar-refractivity contribution in [2.45, 2.75) is 58.9 Å². The van der Waals surface area contributed by atoms with Gasteiger partial charge in [-0.05, 0) is 62.8 Å². The summed E-state index contributed by atoms with van der Waals surface area (Å²) < 4.78 is 25.9. The van der Waals surface area contributed by atoms with Gasteiger partial charge in [-0.15, -0.1) is 0 Å². The van der Waals surface area contributed by atoms with Gasteiger partial charge in [0.05, 0.1) is 11.9 Å². The number of piperidine rings is 1. The molecule has 0 N–H and O–H groups in total. The number of sulfonamides is 1. The monoisotopic (exact) mass is 366 g/mol. The van der Waals surface area contributed by atoms with E-state index in [0.29, 0.717) is 11.7 Å². The second-order valence-corrected chi connectivity index (χ2v) is 8.98. The molecule has 2 rings (SSSR count). The number of anilines is 1. The maximum Gasteiger partial charge on any atom is 0.232 e. The number of hydrogen-bond donors (Lipinski definition) is 0. The van der Waals surface area contributed by atoms with Crippen molar-refractivity contribution in [2.24, 2.45) is 0 Å². The molecule has 1 aliphatic heterocycles. The van der Waals surface area contributed by atoms with Gasteiger partial charge in [-0.3, -0.25) is 9.10 Å². The zero-order valence-corrected chi connectivity index (χ0v) is 16.6. The van der Waals surface area contributed by atoms with Crippen LogP contribution in [0.2, 0.25) is 0 Å². The fourth-order valence-corrected chi connectivity index (χ4v) is 4.59. The van der Waals surface area contributed by atoms with Crippen LogP contribution >= 0.6 is 0 Å². The lowest BCUT2D eigenvalue weighted by molar-refractivity contribution is -0.134. The first-order valence-electron chi connectivity index (χ1n) is 9.08. The van der Waals surface area contributed by atoms with Crippen LogP contribution in [-0.2, 0) is 14.8 Å². The number of hydrogen-bond acceptors (Lipinski definition) is 3. The van der Waals surface area contributed by atoms with Crippen molar-refractivity contribution in [3.63, 3.8) is 0 Å².